The van der Waals surface area contributed by atoms with Crippen LogP contribution in [-0.2, 0) is 0 Å². The molecular formula is C11H17BKN3O3. The molecule has 2 unspecified atom stereocenters. The second-order valence-electron chi connectivity index (χ2n) is 3.98. The number of hydrogen-bond acceptors (Lipinski definition) is 6. The van der Waals surface area contributed by atoms with Gasteiger partial charge in [0.25, 0.3) is 0 Å². The summed E-state index contributed by atoms with van der Waals surface area (Å²) in [7, 11) is -2.17. The van der Waals surface area contributed by atoms with E-state index in [2.05, 4.69) is 18.2 Å². The van der Waals surface area contributed by atoms with Crippen molar-refractivity contribution in [2.45, 2.75) is 32.6 Å². The van der Waals surface area contributed by atoms with Crippen LogP contribution in [0.25, 0.3) is 0 Å². The summed E-state index contributed by atoms with van der Waals surface area (Å²) < 4.78 is 0.930. The first-order chi connectivity index (χ1) is 9.03. The normalized spacial score (nSPS) is 11.9. The van der Waals surface area contributed by atoms with E-state index in [9.17, 15) is 0 Å². The maximum atomic E-state index is 8.93. The SMILES string of the molecule is N#CCCCCCC(C#N)C(C#N)[CH2][K].OB(O)O. The van der Waals surface area contributed by atoms with Gasteiger partial charge >= 0.3 is 135 Å². The van der Waals surface area contributed by atoms with Crippen molar-refractivity contribution in [1.82, 2.24) is 0 Å². The summed E-state index contributed by atoms with van der Waals surface area (Å²) in [6, 6.07) is 6.57. The van der Waals surface area contributed by atoms with Crippen molar-refractivity contribution in [3.05, 3.63) is 0 Å². The molecule has 0 aliphatic rings. The Bertz CT molecular complexity index is 333. The molecule has 98 valence electrons. The minimum Gasteiger partial charge on any atom is -0.402 e. The van der Waals surface area contributed by atoms with E-state index >= 15 is 0 Å². The summed E-state index contributed by atoms with van der Waals surface area (Å²) in [5, 5.41) is 47.6. The summed E-state index contributed by atoms with van der Waals surface area (Å²) in [5.41, 5.74) is 0. The third kappa shape index (κ3) is 16.0. The average Bonchev–Trinajstić information content (AvgIpc) is 2.37. The molecule has 0 aromatic rings. The van der Waals surface area contributed by atoms with Crippen LogP contribution in [0.3, 0.4) is 0 Å². The number of unbranched alkanes of at least 4 members (excludes halogenated alkanes) is 3. The van der Waals surface area contributed by atoms with Crippen LogP contribution < -0.4 is 0 Å². The Balaban J connectivity index is 0. The van der Waals surface area contributed by atoms with Gasteiger partial charge in [0.2, 0.25) is 0 Å². The average molecular weight is 289 g/mol. The first-order valence-corrected chi connectivity index (χ1v) is 8.44. The number of rotatable bonds is 7. The van der Waals surface area contributed by atoms with Crippen LogP contribution in [0.5, 0.6) is 0 Å². The van der Waals surface area contributed by atoms with Crippen LogP contribution in [0.2, 0.25) is 0.515 Å². The molecule has 0 aromatic carbocycles. The van der Waals surface area contributed by atoms with Crippen LogP contribution in [0, 0.1) is 45.8 Å². The quantitative estimate of drug-likeness (QED) is 0.455. The van der Waals surface area contributed by atoms with E-state index in [1.54, 1.807) is 0 Å². The predicted octanol–water partition coefficient (Wildman–Crippen LogP) is 0.275. The van der Waals surface area contributed by atoms with E-state index in [1.807, 2.05) is 0 Å². The summed E-state index contributed by atoms with van der Waals surface area (Å²) in [6.45, 7) is 0. The van der Waals surface area contributed by atoms with Gasteiger partial charge in [0, 0.05) is 0 Å². The van der Waals surface area contributed by atoms with E-state index < -0.39 is 7.32 Å². The Morgan fingerprint density at radius 3 is 1.84 bits per heavy atom. The fourth-order valence-electron chi connectivity index (χ4n) is 1.57. The van der Waals surface area contributed by atoms with Crippen molar-refractivity contribution in [2.75, 3.05) is 0 Å². The molecule has 0 fully saturated rings. The maximum Gasteiger partial charge on any atom is 0.631 e. The minimum absolute atomic E-state index is 0.0500. The number of nitriles is 3. The van der Waals surface area contributed by atoms with Crippen molar-refractivity contribution in [3.63, 3.8) is 0 Å². The van der Waals surface area contributed by atoms with Gasteiger partial charge in [-0.2, -0.15) is 0 Å². The molecule has 0 saturated carbocycles. The smallest absolute Gasteiger partial charge is 0.402 e. The monoisotopic (exact) mass is 289 g/mol. The third-order valence-electron chi connectivity index (χ3n) is 2.56. The van der Waals surface area contributed by atoms with Crippen LogP contribution in [-0.4, -0.2) is 71.3 Å². The molecule has 6 nitrogen and oxygen atoms in total. The van der Waals surface area contributed by atoms with E-state index in [1.165, 1.54) is 0 Å². The second-order valence-corrected chi connectivity index (χ2v) is 5.26. The van der Waals surface area contributed by atoms with Crippen molar-refractivity contribution in [1.29, 1.82) is 15.8 Å². The van der Waals surface area contributed by atoms with Crippen molar-refractivity contribution in [3.8, 4) is 18.2 Å². The van der Waals surface area contributed by atoms with Gasteiger partial charge < -0.3 is 15.1 Å². The zero-order valence-electron chi connectivity index (χ0n) is 11.2. The molecule has 0 rings (SSSR count). The Hall–Kier alpha value is 0.0513. The standard InChI is InChI=1S/C11H14N3.BH3O3.K/c1-10(8-13)11(9-14)6-4-2-3-5-7-12;2-1(3)4;/h10-11H,1-6H2;2-4H;. The summed E-state index contributed by atoms with van der Waals surface area (Å²) in [6.07, 6.45) is 4.29. The minimum atomic E-state index is -2.17. The number of nitrogens with zero attached hydrogens (tertiary/aromatic N) is 3. The molecule has 0 bridgehead atoms. The Morgan fingerprint density at radius 2 is 1.47 bits per heavy atom. The van der Waals surface area contributed by atoms with E-state index in [4.69, 9.17) is 30.9 Å². The predicted molar refractivity (Wildman–Crippen MR) is 69.9 cm³/mol. The van der Waals surface area contributed by atoms with Gasteiger partial charge in [-0.1, -0.05) is 0 Å². The Kier molecular flexibility index (Phi) is 18.1. The molecule has 19 heavy (non-hydrogen) atoms. The zero-order chi connectivity index (χ0) is 15.1. The fraction of sp³-hybridized carbons (Fsp3) is 0.727. The van der Waals surface area contributed by atoms with Gasteiger partial charge in [-0.25, -0.2) is 0 Å². The molecule has 0 aliphatic heterocycles. The van der Waals surface area contributed by atoms with Crippen LogP contribution in [0.1, 0.15) is 32.1 Å². The molecule has 0 aromatic heterocycles. The van der Waals surface area contributed by atoms with E-state index in [-0.39, 0.29) is 11.8 Å². The second kappa shape index (κ2) is 16.1. The molecular weight excluding hydrogens is 272 g/mol. The van der Waals surface area contributed by atoms with Gasteiger partial charge in [0.05, 0.1) is 0 Å². The molecule has 3 N–H and O–H groups in total. The maximum absolute atomic E-state index is 8.93. The van der Waals surface area contributed by atoms with Crippen molar-refractivity contribution >= 4 is 56.3 Å². The summed E-state index contributed by atoms with van der Waals surface area (Å²) in [4.78, 5) is 0. The van der Waals surface area contributed by atoms with Crippen LogP contribution >= 0.6 is 0 Å². The van der Waals surface area contributed by atoms with Gasteiger partial charge in [0.1, 0.15) is 0 Å². The molecule has 0 aliphatic carbocycles. The molecule has 2 atom stereocenters. The van der Waals surface area contributed by atoms with Gasteiger partial charge in [-0.05, 0) is 0 Å². The van der Waals surface area contributed by atoms with Gasteiger partial charge in [0.15, 0.2) is 0 Å². The molecule has 0 amide bonds. The van der Waals surface area contributed by atoms with E-state index in [0.717, 1.165) is 26.2 Å². The Labute approximate surface area is 148 Å². The first kappa shape index (κ1) is 21.4. The van der Waals surface area contributed by atoms with Crippen molar-refractivity contribution in [2.24, 2.45) is 11.8 Å². The third-order valence-corrected chi connectivity index (χ3v) is 3.93. The Morgan fingerprint density at radius 1 is 0.947 bits per heavy atom. The molecule has 8 heteroatoms. The summed E-state index contributed by atoms with van der Waals surface area (Å²) >= 11 is 0.642. The molecule has 0 heterocycles. The van der Waals surface area contributed by atoms with Gasteiger partial charge in [-0.3, -0.25) is 0 Å². The van der Waals surface area contributed by atoms with Crippen LogP contribution in [0.4, 0.5) is 0 Å². The van der Waals surface area contributed by atoms with E-state index in [0.29, 0.717) is 55.4 Å². The van der Waals surface area contributed by atoms with Gasteiger partial charge in [-0.15, -0.1) is 0 Å². The van der Waals surface area contributed by atoms with Crippen molar-refractivity contribution < 1.29 is 15.1 Å². The zero-order valence-corrected chi connectivity index (χ0v) is 14.3. The number of hydrogen-bond donors (Lipinski definition) is 3. The van der Waals surface area contributed by atoms with Crippen LogP contribution in [0.15, 0.2) is 0 Å². The molecule has 0 radical (unpaired) electrons. The fourth-order valence-corrected chi connectivity index (χ4v) is 2.74. The first-order valence-electron chi connectivity index (χ1n) is 6.23. The largest absolute Gasteiger partial charge is 0.631 e. The summed E-state index contributed by atoms with van der Waals surface area (Å²) in [5.74, 6) is -0.140. The molecule has 0 spiro atoms. The topological polar surface area (TPSA) is 132 Å². The molecule has 0 saturated heterocycles.